The van der Waals surface area contributed by atoms with E-state index in [1.807, 2.05) is 42.5 Å². The van der Waals surface area contributed by atoms with Crippen molar-refractivity contribution in [2.45, 2.75) is 20.0 Å². The van der Waals surface area contributed by atoms with Crippen LogP contribution in [-0.4, -0.2) is 22.5 Å². The Bertz CT molecular complexity index is 1190. The molecule has 0 bridgehead atoms. The molecule has 4 aromatic rings. The molecule has 4 rings (SSSR count). The van der Waals surface area contributed by atoms with E-state index in [9.17, 15) is 4.79 Å². The fraction of sp³-hybridized carbons (Fsp3) is 0.148. The van der Waals surface area contributed by atoms with Gasteiger partial charge in [0, 0.05) is 18.8 Å². The van der Waals surface area contributed by atoms with Crippen LogP contribution in [0.1, 0.15) is 28.4 Å². The summed E-state index contributed by atoms with van der Waals surface area (Å²) in [6.07, 6.45) is 1.49. The minimum Gasteiger partial charge on any atom is -0.462 e. The van der Waals surface area contributed by atoms with Crippen LogP contribution in [0.3, 0.4) is 0 Å². The van der Waals surface area contributed by atoms with Crippen molar-refractivity contribution in [3.05, 3.63) is 108 Å². The van der Waals surface area contributed by atoms with Crippen LogP contribution in [0.25, 0.3) is 0 Å². The molecule has 0 unspecified atom stereocenters. The number of anilines is 4. The molecular weight excluding hydrogens is 426 g/mol. The molecule has 0 saturated heterocycles. The Hall–Kier alpha value is -4.39. The largest absolute Gasteiger partial charge is 0.462 e. The second kappa shape index (κ2) is 11.0. The molecule has 0 radical (unpaired) electrons. The molecule has 0 fully saturated rings. The van der Waals surface area contributed by atoms with Crippen molar-refractivity contribution in [3.8, 4) is 0 Å². The number of carbonyl (C=O) groups excluding carboxylic acids is 1. The highest BCUT2D eigenvalue weighted by atomic mass is 16.5. The van der Waals surface area contributed by atoms with Crippen molar-refractivity contribution in [2.75, 3.05) is 22.6 Å². The first-order valence-corrected chi connectivity index (χ1v) is 11.1. The molecular formula is C27H27N5O2. The second-order valence-electron chi connectivity index (χ2n) is 7.71. The van der Waals surface area contributed by atoms with Gasteiger partial charge in [0.15, 0.2) is 11.6 Å². The van der Waals surface area contributed by atoms with Gasteiger partial charge in [-0.25, -0.2) is 14.8 Å². The first-order valence-electron chi connectivity index (χ1n) is 11.1. The van der Waals surface area contributed by atoms with Gasteiger partial charge >= 0.3 is 5.97 Å². The molecule has 0 aliphatic heterocycles. The number of nitrogen functional groups attached to an aromatic ring is 1. The van der Waals surface area contributed by atoms with Gasteiger partial charge in [0.25, 0.3) is 0 Å². The zero-order chi connectivity index (χ0) is 23.8. The molecule has 3 N–H and O–H groups in total. The highest BCUT2D eigenvalue weighted by Gasteiger charge is 2.17. The third-order valence-corrected chi connectivity index (χ3v) is 5.23. The summed E-state index contributed by atoms with van der Waals surface area (Å²) in [4.78, 5) is 23.1. The van der Waals surface area contributed by atoms with E-state index < -0.39 is 0 Å². The standard InChI is InChI=1S/C27H27N5O2/c1-2-34-27(33)22-14-9-15-23(16-22)31-25-24(28)26(30-19-29-25)32(17-20-10-5-3-6-11-20)18-21-12-7-4-8-13-21/h3-16,19H,2,17-18,28H2,1H3,(H,29,30,31). The first kappa shape index (κ1) is 22.8. The number of rotatable bonds is 9. The van der Waals surface area contributed by atoms with Gasteiger partial charge < -0.3 is 20.7 Å². The smallest absolute Gasteiger partial charge is 0.338 e. The highest BCUT2D eigenvalue weighted by molar-refractivity contribution is 5.91. The number of nitrogens with one attached hydrogen (secondary N) is 1. The SMILES string of the molecule is CCOC(=O)c1cccc(Nc2ncnc(N(Cc3ccccc3)Cc3ccccc3)c2N)c1. The average Bonchev–Trinajstić information content (AvgIpc) is 2.87. The van der Waals surface area contributed by atoms with E-state index in [2.05, 4.69) is 44.5 Å². The summed E-state index contributed by atoms with van der Waals surface area (Å²) in [5.41, 5.74) is 10.4. The lowest BCUT2D eigenvalue weighted by atomic mass is 10.1. The minimum atomic E-state index is -0.376. The summed E-state index contributed by atoms with van der Waals surface area (Å²) < 4.78 is 5.10. The molecule has 0 aliphatic rings. The number of aromatic nitrogens is 2. The Labute approximate surface area is 199 Å². The molecule has 0 atom stereocenters. The summed E-state index contributed by atoms with van der Waals surface area (Å²) in [6, 6.07) is 27.4. The maximum absolute atomic E-state index is 12.1. The van der Waals surface area contributed by atoms with E-state index in [-0.39, 0.29) is 5.97 Å². The molecule has 3 aromatic carbocycles. The van der Waals surface area contributed by atoms with Gasteiger partial charge in [-0.2, -0.15) is 0 Å². The summed E-state index contributed by atoms with van der Waals surface area (Å²) in [5, 5.41) is 3.22. The quantitative estimate of drug-likeness (QED) is 0.337. The maximum Gasteiger partial charge on any atom is 0.338 e. The predicted octanol–water partition coefficient (Wildman–Crippen LogP) is 5.19. The van der Waals surface area contributed by atoms with Gasteiger partial charge in [0.05, 0.1) is 12.2 Å². The first-order chi connectivity index (χ1) is 16.6. The van der Waals surface area contributed by atoms with Crippen LogP contribution in [0.5, 0.6) is 0 Å². The molecule has 0 aliphatic carbocycles. The van der Waals surface area contributed by atoms with Crippen LogP contribution < -0.4 is 16.0 Å². The maximum atomic E-state index is 12.1. The molecule has 1 heterocycles. The second-order valence-corrected chi connectivity index (χ2v) is 7.71. The van der Waals surface area contributed by atoms with E-state index in [1.165, 1.54) is 6.33 Å². The molecule has 34 heavy (non-hydrogen) atoms. The number of nitrogens with two attached hydrogens (primary N) is 1. The number of benzene rings is 3. The molecule has 0 saturated carbocycles. The number of ether oxygens (including phenoxy) is 1. The summed E-state index contributed by atoms with van der Waals surface area (Å²) in [7, 11) is 0. The normalized spacial score (nSPS) is 10.5. The van der Waals surface area contributed by atoms with Crippen LogP contribution in [0, 0.1) is 0 Å². The average molecular weight is 454 g/mol. The molecule has 0 spiro atoms. The van der Waals surface area contributed by atoms with Crippen LogP contribution >= 0.6 is 0 Å². The fourth-order valence-electron chi connectivity index (χ4n) is 3.63. The number of esters is 1. The number of hydrogen-bond acceptors (Lipinski definition) is 7. The van der Waals surface area contributed by atoms with Crippen LogP contribution in [0.15, 0.2) is 91.3 Å². The lowest BCUT2D eigenvalue weighted by Gasteiger charge is -2.26. The molecule has 172 valence electrons. The summed E-state index contributed by atoms with van der Waals surface area (Å²) in [6.45, 7) is 3.36. The Morgan fingerprint density at radius 3 is 2.18 bits per heavy atom. The van der Waals surface area contributed by atoms with Crippen LogP contribution in [0.4, 0.5) is 23.0 Å². The van der Waals surface area contributed by atoms with E-state index in [4.69, 9.17) is 10.5 Å². The van der Waals surface area contributed by atoms with Crippen molar-refractivity contribution >= 4 is 29.0 Å². The Balaban J connectivity index is 1.63. The van der Waals surface area contributed by atoms with Gasteiger partial charge in [0.2, 0.25) is 0 Å². The van der Waals surface area contributed by atoms with E-state index in [1.54, 1.807) is 25.1 Å². The highest BCUT2D eigenvalue weighted by Crippen LogP contribution is 2.31. The third kappa shape index (κ3) is 5.69. The lowest BCUT2D eigenvalue weighted by Crippen LogP contribution is -2.24. The minimum absolute atomic E-state index is 0.317. The van der Waals surface area contributed by atoms with Gasteiger partial charge in [-0.15, -0.1) is 0 Å². The Morgan fingerprint density at radius 1 is 0.912 bits per heavy atom. The third-order valence-electron chi connectivity index (χ3n) is 5.23. The predicted molar refractivity (Wildman–Crippen MR) is 135 cm³/mol. The van der Waals surface area contributed by atoms with Gasteiger partial charge in [-0.05, 0) is 36.2 Å². The van der Waals surface area contributed by atoms with E-state index in [0.29, 0.717) is 48.3 Å². The van der Waals surface area contributed by atoms with Crippen molar-refractivity contribution in [1.29, 1.82) is 0 Å². The van der Waals surface area contributed by atoms with Gasteiger partial charge in [-0.1, -0.05) is 66.7 Å². The zero-order valence-electron chi connectivity index (χ0n) is 19.0. The van der Waals surface area contributed by atoms with Crippen molar-refractivity contribution in [1.82, 2.24) is 9.97 Å². The van der Waals surface area contributed by atoms with E-state index >= 15 is 0 Å². The molecule has 0 amide bonds. The summed E-state index contributed by atoms with van der Waals surface area (Å²) in [5.74, 6) is 0.725. The van der Waals surface area contributed by atoms with Crippen molar-refractivity contribution < 1.29 is 9.53 Å². The number of hydrogen-bond donors (Lipinski definition) is 2. The number of nitrogens with zero attached hydrogens (tertiary/aromatic N) is 3. The summed E-state index contributed by atoms with van der Waals surface area (Å²) >= 11 is 0. The Morgan fingerprint density at radius 2 is 1.56 bits per heavy atom. The fourth-order valence-corrected chi connectivity index (χ4v) is 3.63. The van der Waals surface area contributed by atoms with Crippen LogP contribution in [-0.2, 0) is 17.8 Å². The van der Waals surface area contributed by atoms with E-state index in [0.717, 1.165) is 11.1 Å². The van der Waals surface area contributed by atoms with Gasteiger partial charge in [0.1, 0.15) is 12.0 Å². The number of carbonyl (C=O) groups is 1. The van der Waals surface area contributed by atoms with Gasteiger partial charge in [-0.3, -0.25) is 0 Å². The van der Waals surface area contributed by atoms with Crippen LogP contribution in [0.2, 0.25) is 0 Å². The van der Waals surface area contributed by atoms with Crippen molar-refractivity contribution in [2.24, 2.45) is 0 Å². The zero-order valence-corrected chi connectivity index (χ0v) is 19.0. The lowest BCUT2D eigenvalue weighted by molar-refractivity contribution is 0.0526. The Kier molecular flexibility index (Phi) is 7.35. The molecule has 7 nitrogen and oxygen atoms in total. The molecule has 7 heteroatoms. The monoisotopic (exact) mass is 453 g/mol. The van der Waals surface area contributed by atoms with Crippen molar-refractivity contribution in [3.63, 3.8) is 0 Å². The topological polar surface area (TPSA) is 93.4 Å². The molecule has 1 aromatic heterocycles.